The minimum Gasteiger partial charge on any atom is -0.399 e. The van der Waals surface area contributed by atoms with Crippen LogP contribution in [-0.2, 0) is 0 Å². The van der Waals surface area contributed by atoms with Gasteiger partial charge in [0.05, 0.1) is 23.0 Å². The predicted molar refractivity (Wildman–Crippen MR) is 74.9 cm³/mol. The highest BCUT2D eigenvalue weighted by molar-refractivity contribution is 6.08. The summed E-state index contributed by atoms with van der Waals surface area (Å²) in [7, 11) is 0. The number of anilines is 2. The van der Waals surface area contributed by atoms with Gasteiger partial charge in [-0.1, -0.05) is 12.1 Å². The summed E-state index contributed by atoms with van der Waals surface area (Å²) in [5, 5.41) is 10.2. The number of rotatable bonds is 2. The van der Waals surface area contributed by atoms with Gasteiger partial charge in [-0.05, 0) is 24.3 Å². The first kappa shape index (κ1) is 12.2. The lowest BCUT2D eigenvalue weighted by Gasteiger charge is -2.07. The van der Waals surface area contributed by atoms with Crippen molar-refractivity contribution in [2.75, 3.05) is 11.1 Å². The Bertz CT molecular complexity index is 797. The molecule has 0 atom stereocenters. The van der Waals surface area contributed by atoms with Crippen LogP contribution < -0.4 is 11.1 Å². The number of nitrogens with two attached hydrogens (primary N) is 1. The molecule has 6 heteroatoms. The molecule has 0 radical (unpaired) electrons. The maximum Gasteiger partial charge on any atom is 0.258 e. The van der Waals surface area contributed by atoms with Crippen molar-refractivity contribution in [1.82, 2.24) is 10.2 Å². The van der Waals surface area contributed by atoms with Crippen LogP contribution in [0, 0.1) is 5.82 Å². The highest BCUT2D eigenvalue weighted by Gasteiger charge is 2.13. The molecule has 3 rings (SSSR count). The van der Waals surface area contributed by atoms with E-state index in [9.17, 15) is 9.18 Å². The second-order valence-electron chi connectivity index (χ2n) is 4.33. The topological polar surface area (TPSA) is 83.8 Å². The van der Waals surface area contributed by atoms with Gasteiger partial charge in [-0.3, -0.25) is 9.89 Å². The molecular weight excluding hydrogens is 259 g/mol. The van der Waals surface area contributed by atoms with Crippen LogP contribution in [0.5, 0.6) is 0 Å². The second-order valence-corrected chi connectivity index (χ2v) is 4.33. The number of halogens is 1. The largest absolute Gasteiger partial charge is 0.399 e. The zero-order chi connectivity index (χ0) is 14.1. The molecule has 1 aromatic heterocycles. The molecule has 0 unspecified atom stereocenters. The fourth-order valence-corrected chi connectivity index (χ4v) is 1.98. The number of hydrogen-bond donors (Lipinski definition) is 3. The number of benzene rings is 2. The molecule has 100 valence electrons. The maximum atomic E-state index is 13.7. The van der Waals surface area contributed by atoms with E-state index in [-0.39, 0.29) is 11.3 Å². The quantitative estimate of drug-likeness (QED) is 0.626. The Morgan fingerprint density at radius 3 is 2.95 bits per heavy atom. The van der Waals surface area contributed by atoms with Crippen molar-refractivity contribution < 1.29 is 9.18 Å². The van der Waals surface area contributed by atoms with Crippen LogP contribution in [0.3, 0.4) is 0 Å². The van der Waals surface area contributed by atoms with E-state index in [0.717, 1.165) is 11.5 Å². The zero-order valence-corrected chi connectivity index (χ0v) is 10.4. The van der Waals surface area contributed by atoms with E-state index in [0.29, 0.717) is 11.2 Å². The Morgan fingerprint density at radius 2 is 2.15 bits per heavy atom. The van der Waals surface area contributed by atoms with Gasteiger partial charge in [-0.25, -0.2) is 4.39 Å². The molecule has 4 N–H and O–H groups in total. The zero-order valence-electron chi connectivity index (χ0n) is 10.4. The SMILES string of the molecule is Nc1ccc(C(=O)Nc2cccc3cn[nH]c23)c(F)c1. The average molecular weight is 270 g/mol. The first-order valence-corrected chi connectivity index (χ1v) is 5.93. The summed E-state index contributed by atoms with van der Waals surface area (Å²) in [5.41, 5.74) is 6.90. The van der Waals surface area contributed by atoms with Crippen molar-refractivity contribution in [2.45, 2.75) is 0 Å². The van der Waals surface area contributed by atoms with Crippen LogP contribution in [0.25, 0.3) is 10.9 Å². The van der Waals surface area contributed by atoms with Crippen LogP contribution in [0.1, 0.15) is 10.4 Å². The molecule has 1 heterocycles. The van der Waals surface area contributed by atoms with Gasteiger partial charge < -0.3 is 11.1 Å². The van der Waals surface area contributed by atoms with Gasteiger partial charge >= 0.3 is 0 Å². The average Bonchev–Trinajstić information content (AvgIpc) is 2.87. The van der Waals surface area contributed by atoms with Crippen molar-refractivity contribution in [3.05, 3.63) is 54.0 Å². The van der Waals surface area contributed by atoms with Crippen molar-refractivity contribution in [1.29, 1.82) is 0 Å². The Labute approximate surface area is 113 Å². The van der Waals surface area contributed by atoms with E-state index < -0.39 is 11.7 Å². The molecule has 1 amide bonds. The van der Waals surface area contributed by atoms with Crippen LogP contribution in [0.2, 0.25) is 0 Å². The van der Waals surface area contributed by atoms with Crippen LogP contribution in [-0.4, -0.2) is 16.1 Å². The summed E-state index contributed by atoms with van der Waals surface area (Å²) >= 11 is 0. The summed E-state index contributed by atoms with van der Waals surface area (Å²) in [6.45, 7) is 0. The van der Waals surface area contributed by atoms with Gasteiger partial charge in [0.1, 0.15) is 5.82 Å². The number of aromatic nitrogens is 2. The number of H-pyrrole nitrogens is 1. The number of aromatic amines is 1. The van der Waals surface area contributed by atoms with Gasteiger partial charge in [0.25, 0.3) is 5.91 Å². The number of fused-ring (bicyclic) bond motifs is 1. The summed E-state index contributed by atoms with van der Waals surface area (Å²) in [6.07, 6.45) is 1.65. The number of carbonyl (C=O) groups excluding carboxylic acids is 1. The van der Waals surface area contributed by atoms with Gasteiger partial charge in [0.2, 0.25) is 0 Å². The molecule has 0 spiro atoms. The van der Waals surface area contributed by atoms with Crippen LogP contribution >= 0.6 is 0 Å². The minimum atomic E-state index is -0.653. The second kappa shape index (κ2) is 4.65. The van der Waals surface area contributed by atoms with Gasteiger partial charge in [-0.15, -0.1) is 0 Å². The summed E-state index contributed by atoms with van der Waals surface area (Å²) in [6, 6.07) is 9.31. The highest BCUT2D eigenvalue weighted by atomic mass is 19.1. The molecule has 2 aromatic carbocycles. The lowest BCUT2D eigenvalue weighted by atomic mass is 10.1. The van der Waals surface area contributed by atoms with Crippen LogP contribution in [0.4, 0.5) is 15.8 Å². The fraction of sp³-hybridized carbons (Fsp3) is 0. The highest BCUT2D eigenvalue weighted by Crippen LogP contribution is 2.21. The summed E-state index contributed by atoms with van der Waals surface area (Å²) < 4.78 is 13.7. The van der Waals surface area contributed by atoms with E-state index >= 15 is 0 Å². The third kappa shape index (κ3) is 2.07. The summed E-state index contributed by atoms with van der Waals surface area (Å²) in [5.74, 6) is -1.19. The number of para-hydroxylation sites is 1. The van der Waals surface area contributed by atoms with E-state index in [1.54, 1.807) is 18.3 Å². The fourth-order valence-electron chi connectivity index (χ4n) is 1.98. The molecular formula is C14H11FN4O. The van der Waals surface area contributed by atoms with E-state index in [4.69, 9.17) is 5.73 Å². The van der Waals surface area contributed by atoms with Gasteiger partial charge in [-0.2, -0.15) is 5.10 Å². The molecule has 0 aliphatic rings. The molecule has 0 bridgehead atoms. The Hall–Kier alpha value is -2.89. The number of amides is 1. The Kier molecular flexibility index (Phi) is 2.83. The standard InChI is InChI=1S/C14H11FN4O/c15-11-6-9(16)4-5-10(11)14(20)18-12-3-1-2-8-7-17-19-13(8)12/h1-7H,16H2,(H,17,19)(H,18,20). The number of carbonyl (C=O) groups is 1. The number of hydrogen-bond acceptors (Lipinski definition) is 3. The van der Waals surface area contributed by atoms with E-state index in [1.165, 1.54) is 12.1 Å². The van der Waals surface area contributed by atoms with Crippen molar-refractivity contribution in [3.8, 4) is 0 Å². The van der Waals surface area contributed by atoms with E-state index in [1.807, 2.05) is 6.07 Å². The molecule has 5 nitrogen and oxygen atoms in total. The molecule has 0 aliphatic heterocycles. The molecule has 0 fully saturated rings. The third-order valence-electron chi connectivity index (χ3n) is 2.96. The van der Waals surface area contributed by atoms with Crippen molar-refractivity contribution in [2.24, 2.45) is 0 Å². The minimum absolute atomic E-state index is 0.0595. The van der Waals surface area contributed by atoms with Gasteiger partial charge in [0.15, 0.2) is 0 Å². The van der Waals surface area contributed by atoms with Gasteiger partial charge in [0, 0.05) is 11.1 Å². The molecule has 0 saturated heterocycles. The Morgan fingerprint density at radius 1 is 1.30 bits per heavy atom. The predicted octanol–water partition coefficient (Wildman–Crippen LogP) is 2.54. The lowest BCUT2D eigenvalue weighted by molar-refractivity contribution is 0.102. The number of nitrogens with one attached hydrogen (secondary N) is 2. The van der Waals surface area contributed by atoms with Crippen molar-refractivity contribution in [3.63, 3.8) is 0 Å². The Balaban J connectivity index is 1.94. The molecule has 0 aliphatic carbocycles. The molecule has 20 heavy (non-hydrogen) atoms. The maximum absolute atomic E-state index is 13.7. The smallest absolute Gasteiger partial charge is 0.258 e. The normalized spacial score (nSPS) is 10.7. The van der Waals surface area contributed by atoms with Crippen LogP contribution in [0.15, 0.2) is 42.6 Å². The monoisotopic (exact) mass is 270 g/mol. The molecule has 0 saturated carbocycles. The number of nitrogens with zero attached hydrogens (tertiary/aromatic N) is 1. The third-order valence-corrected chi connectivity index (χ3v) is 2.96. The van der Waals surface area contributed by atoms with E-state index in [2.05, 4.69) is 15.5 Å². The first-order valence-electron chi connectivity index (χ1n) is 5.93. The van der Waals surface area contributed by atoms with Crippen molar-refractivity contribution >= 4 is 28.2 Å². The lowest BCUT2D eigenvalue weighted by Crippen LogP contribution is -2.14. The molecule has 3 aromatic rings. The summed E-state index contributed by atoms with van der Waals surface area (Å²) in [4.78, 5) is 12.1. The first-order chi connectivity index (χ1) is 9.65. The number of nitrogen functional groups attached to an aromatic ring is 1.